The Bertz CT molecular complexity index is 401. The number of thiocarbonyl (C=S) groups is 1. The molecule has 3 nitrogen and oxygen atoms in total. The molecular weight excluding hydrogens is 252 g/mol. The molecule has 0 aliphatic rings. The number of nitrogens with one attached hydrogen (secondary N) is 1. The molecule has 1 rings (SSSR count). The van der Waals surface area contributed by atoms with Gasteiger partial charge in [-0.2, -0.15) is 0 Å². The van der Waals surface area contributed by atoms with Gasteiger partial charge in [0.2, 0.25) is 5.91 Å². The maximum absolute atomic E-state index is 11.9. The van der Waals surface area contributed by atoms with Crippen LogP contribution in [0.25, 0.3) is 0 Å². The van der Waals surface area contributed by atoms with E-state index < -0.39 is 0 Å². The molecule has 1 aromatic rings. The van der Waals surface area contributed by atoms with Crippen LogP contribution in [0.2, 0.25) is 0 Å². The molecule has 3 N–H and O–H groups in total. The minimum atomic E-state index is -0.337. The molecule has 0 saturated heterocycles. The van der Waals surface area contributed by atoms with Crippen molar-refractivity contribution in [2.24, 2.45) is 11.7 Å². The lowest BCUT2D eigenvalue weighted by molar-refractivity contribution is -0.123. The van der Waals surface area contributed by atoms with E-state index in [1.54, 1.807) is 11.3 Å². The highest BCUT2D eigenvalue weighted by Gasteiger charge is 2.19. The van der Waals surface area contributed by atoms with E-state index in [-0.39, 0.29) is 16.8 Å². The number of hydrogen-bond donors (Lipinski definition) is 2. The predicted molar refractivity (Wildman–Crippen MR) is 76.1 cm³/mol. The highest BCUT2D eigenvalue weighted by Crippen LogP contribution is 2.15. The Kier molecular flexibility index (Phi) is 5.58. The van der Waals surface area contributed by atoms with Crippen LogP contribution in [0.3, 0.4) is 0 Å². The number of nitrogens with two attached hydrogens (primary N) is 1. The van der Waals surface area contributed by atoms with E-state index in [0.29, 0.717) is 13.0 Å². The molecule has 0 aliphatic heterocycles. The van der Waals surface area contributed by atoms with E-state index in [2.05, 4.69) is 5.32 Å². The summed E-state index contributed by atoms with van der Waals surface area (Å²) < 4.78 is 0. The van der Waals surface area contributed by atoms with Crippen LogP contribution in [0, 0.1) is 12.8 Å². The second-order valence-corrected chi connectivity index (χ2v) is 5.82. The Morgan fingerprint density at radius 2 is 2.29 bits per heavy atom. The second kappa shape index (κ2) is 6.71. The monoisotopic (exact) mass is 270 g/mol. The van der Waals surface area contributed by atoms with Crippen molar-refractivity contribution < 1.29 is 4.79 Å². The van der Waals surface area contributed by atoms with Crippen LogP contribution < -0.4 is 11.1 Å². The van der Waals surface area contributed by atoms with Crippen molar-refractivity contribution in [2.45, 2.75) is 33.2 Å². The largest absolute Gasteiger partial charge is 0.393 e. The molecular formula is C12H18N2OS2. The van der Waals surface area contributed by atoms with E-state index in [4.69, 9.17) is 18.0 Å². The van der Waals surface area contributed by atoms with Gasteiger partial charge >= 0.3 is 0 Å². The van der Waals surface area contributed by atoms with Gasteiger partial charge in [-0.1, -0.05) is 25.6 Å². The topological polar surface area (TPSA) is 55.1 Å². The fourth-order valence-electron chi connectivity index (χ4n) is 1.57. The molecule has 94 valence electrons. The zero-order chi connectivity index (χ0) is 12.8. The first-order valence-electron chi connectivity index (χ1n) is 5.67. The van der Waals surface area contributed by atoms with Gasteiger partial charge in [0.15, 0.2) is 0 Å². The molecule has 1 amide bonds. The molecule has 0 aliphatic carbocycles. The first-order valence-corrected chi connectivity index (χ1v) is 6.89. The second-order valence-electron chi connectivity index (χ2n) is 3.97. The Morgan fingerprint density at radius 1 is 1.59 bits per heavy atom. The van der Waals surface area contributed by atoms with Gasteiger partial charge in [-0.15, -0.1) is 11.3 Å². The number of hydrogen-bond acceptors (Lipinski definition) is 3. The summed E-state index contributed by atoms with van der Waals surface area (Å²) in [6.07, 6.45) is 1.61. The van der Waals surface area contributed by atoms with Crippen molar-refractivity contribution >= 4 is 34.5 Å². The maximum atomic E-state index is 11.9. The predicted octanol–water partition coefficient (Wildman–Crippen LogP) is 2.38. The van der Waals surface area contributed by atoms with Gasteiger partial charge in [0.25, 0.3) is 0 Å². The summed E-state index contributed by atoms with van der Waals surface area (Å²) in [7, 11) is 0. The molecule has 0 fully saturated rings. The summed E-state index contributed by atoms with van der Waals surface area (Å²) in [4.78, 5) is 14.6. The summed E-state index contributed by atoms with van der Waals surface area (Å²) in [6, 6.07) is 4.07. The van der Waals surface area contributed by atoms with Crippen LogP contribution in [0.5, 0.6) is 0 Å². The third kappa shape index (κ3) is 4.44. The highest BCUT2D eigenvalue weighted by atomic mass is 32.1. The zero-order valence-electron chi connectivity index (χ0n) is 10.2. The molecule has 0 spiro atoms. The van der Waals surface area contributed by atoms with E-state index in [0.717, 1.165) is 11.3 Å². The van der Waals surface area contributed by atoms with E-state index in [1.807, 2.05) is 26.0 Å². The minimum absolute atomic E-state index is 0.0644. The third-order valence-corrected chi connectivity index (χ3v) is 3.76. The van der Waals surface area contributed by atoms with Gasteiger partial charge in [0, 0.05) is 9.75 Å². The number of amides is 1. The van der Waals surface area contributed by atoms with Gasteiger partial charge in [0.05, 0.1) is 17.5 Å². The molecule has 1 aromatic heterocycles. The molecule has 0 saturated carbocycles. The summed E-state index contributed by atoms with van der Waals surface area (Å²) in [5, 5.41) is 2.88. The number of carbonyl (C=O) groups excluding carboxylic acids is 1. The SMILES string of the molecule is CCCC(C(=O)NCc1ccc(C)s1)C(N)=S. The molecule has 1 heterocycles. The van der Waals surface area contributed by atoms with Crippen LogP contribution in [-0.2, 0) is 11.3 Å². The quantitative estimate of drug-likeness (QED) is 0.780. The zero-order valence-corrected chi connectivity index (χ0v) is 11.8. The lowest BCUT2D eigenvalue weighted by Crippen LogP contribution is -2.37. The Hall–Kier alpha value is -0.940. The number of carbonyl (C=O) groups is 1. The number of aryl methyl sites for hydroxylation is 1. The highest BCUT2D eigenvalue weighted by molar-refractivity contribution is 7.80. The molecule has 0 radical (unpaired) electrons. The van der Waals surface area contributed by atoms with E-state index in [9.17, 15) is 4.79 Å². The van der Waals surface area contributed by atoms with Gasteiger partial charge in [-0.05, 0) is 25.5 Å². The van der Waals surface area contributed by atoms with Crippen molar-refractivity contribution in [3.63, 3.8) is 0 Å². The van der Waals surface area contributed by atoms with Gasteiger partial charge in [-0.25, -0.2) is 0 Å². The fourth-order valence-corrected chi connectivity index (χ4v) is 2.62. The van der Waals surface area contributed by atoms with Crippen molar-refractivity contribution in [1.29, 1.82) is 0 Å². The lowest BCUT2D eigenvalue weighted by Gasteiger charge is -2.14. The Labute approximate surface area is 111 Å². The maximum Gasteiger partial charge on any atom is 0.230 e. The van der Waals surface area contributed by atoms with Gasteiger partial charge < -0.3 is 11.1 Å². The average Bonchev–Trinajstić information content (AvgIpc) is 2.68. The molecule has 0 aromatic carbocycles. The molecule has 1 unspecified atom stereocenters. The smallest absolute Gasteiger partial charge is 0.230 e. The standard InChI is InChI=1S/C12H18N2OS2/c1-3-4-10(11(13)16)12(15)14-7-9-6-5-8(2)17-9/h5-6,10H,3-4,7H2,1-2H3,(H2,13,16)(H,14,15). The summed E-state index contributed by atoms with van der Waals surface area (Å²) in [5.74, 6) is -0.401. The van der Waals surface area contributed by atoms with Crippen LogP contribution >= 0.6 is 23.6 Å². The fraction of sp³-hybridized carbons (Fsp3) is 0.500. The van der Waals surface area contributed by atoms with Gasteiger partial charge in [-0.3, -0.25) is 4.79 Å². The summed E-state index contributed by atoms with van der Waals surface area (Å²) in [5.41, 5.74) is 5.57. The van der Waals surface area contributed by atoms with Crippen molar-refractivity contribution in [3.05, 3.63) is 21.9 Å². The van der Waals surface area contributed by atoms with Gasteiger partial charge in [0.1, 0.15) is 0 Å². The minimum Gasteiger partial charge on any atom is -0.393 e. The van der Waals surface area contributed by atoms with Crippen LogP contribution in [0.1, 0.15) is 29.5 Å². The Balaban J connectivity index is 2.50. The van der Waals surface area contributed by atoms with E-state index >= 15 is 0 Å². The van der Waals surface area contributed by atoms with Crippen molar-refractivity contribution in [2.75, 3.05) is 0 Å². The Morgan fingerprint density at radius 3 is 2.76 bits per heavy atom. The molecule has 0 bridgehead atoms. The third-order valence-electron chi connectivity index (χ3n) is 2.47. The summed E-state index contributed by atoms with van der Waals surface area (Å²) in [6.45, 7) is 4.62. The lowest BCUT2D eigenvalue weighted by atomic mass is 10.0. The van der Waals surface area contributed by atoms with Crippen molar-refractivity contribution in [3.8, 4) is 0 Å². The van der Waals surface area contributed by atoms with Crippen LogP contribution in [0.4, 0.5) is 0 Å². The molecule has 1 atom stereocenters. The van der Waals surface area contributed by atoms with Crippen LogP contribution in [-0.4, -0.2) is 10.9 Å². The first-order chi connectivity index (χ1) is 8.04. The molecule has 5 heteroatoms. The number of thiophene rings is 1. The first kappa shape index (κ1) is 14.1. The van der Waals surface area contributed by atoms with Crippen LogP contribution in [0.15, 0.2) is 12.1 Å². The number of rotatable bonds is 6. The average molecular weight is 270 g/mol. The van der Waals surface area contributed by atoms with E-state index in [1.165, 1.54) is 4.88 Å². The normalized spacial score (nSPS) is 12.1. The summed E-state index contributed by atoms with van der Waals surface area (Å²) >= 11 is 6.60. The van der Waals surface area contributed by atoms with Crippen molar-refractivity contribution in [1.82, 2.24) is 5.32 Å². The molecule has 17 heavy (non-hydrogen) atoms.